The summed E-state index contributed by atoms with van der Waals surface area (Å²) in [7, 11) is 0. The molecule has 112 valence electrons. The summed E-state index contributed by atoms with van der Waals surface area (Å²) in [6.45, 7) is 3.56. The number of carbonyl (C=O) groups excluding carboxylic acids is 1. The van der Waals surface area contributed by atoms with E-state index in [2.05, 4.69) is 5.32 Å². The van der Waals surface area contributed by atoms with Gasteiger partial charge in [0, 0.05) is 6.08 Å². The van der Waals surface area contributed by atoms with Gasteiger partial charge >= 0.3 is 5.97 Å². The molecule has 4 heteroatoms. The van der Waals surface area contributed by atoms with Crippen LogP contribution in [0, 0.1) is 11.8 Å². The molecule has 1 aromatic rings. The molecule has 1 amide bonds. The first-order valence-electron chi connectivity index (χ1n) is 7.25. The zero-order valence-corrected chi connectivity index (χ0v) is 12.4. The van der Waals surface area contributed by atoms with E-state index >= 15 is 0 Å². The number of benzene rings is 1. The van der Waals surface area contributed by atoms with E-state index in [0.29, 0.717) is 5.92 Å². The number of carboxylic acid groups (broad SMARTS) is 1. The normalized spacial score (nSPS) is 17.9. The van der Waals surface area contributed by atoms with E-state index in [4.69, 9.17) is 0 Å². The van der Waals surface area contributed by atoms with Gasteiger partial charge in [-0.2, -0.15) is 0 Å². The number of allylic oxidation sites excluding steroid dienone is 1. The lowest BCUT2D eigenvalue weighted by Crippen LogP contribution is -2.34. The standard InChI is InChI=1S/C17H21NO3/c1-11(13-8-9-13)10-15(19)18-16(12(2)17(20)21)14-6-4-3-5-7-14/h3-7,10,12-13,16H,8-9H2,1-2H3,(H,18,19)(H,20,21). The predicted molar refractivity (Wildman–Crippen MR) is 80.6 cm³/mol. The number of nitrogens with one attached hydrogen (secondary N) is 1. The molecule has 0 aromatic heterocycles. The zero-order chi connectivity index (χ0) is 15.4. The molecule has 0 heterocycles. The van der Waals surface area contributed by atoms with Crippen molar-refractivity contribution >= 4 is 11.9 Å². The Morgan fingerprint density at radius 2 is 1.90 bits per heavy atom. The lowest BCUT2D eigenvalue weighted by Gasteiger charge is -2.22. The van der Waals surface area contributed by atoms with Gasteiger partial charge in [0.1, 0.15) is 0 Å². The molecule has 1 aliphatic carbocycles. The molecule has 4 nitrogen and oxygen atoms in total. The van der Waals surface area contributed by atoms with Crippen LogP contribution in [0.2, 0.25) is 0 Å². The van der Waals surface area contributed by atoms with Crippen LogP contribution < -0.4 is 5.32 Å². The number of rotatable bonds is 6. The number of amides is 1. The minimum absolute atomic E-state index is 0.221. The second-order valence-electron chi connectivity index (χ2n) is 5.69. The van der Waals surface area contributed by atoms with E-state index in [1.807, 2.05) is 37.3 Å². The summed E-state index contributed by atoms with van der Waals surface area (Å²) >= 11 is 0. The fourth-order valence-electron chi connectivity index (χ4n) is 2.36. The van der Waals surface area contributed by atoms with Gasteiger partial charge in [-0.1, -0.05) is 35.9 Å². The molecule has 1 aliphatic rings. The minimum atomic E-state index is -0.924. The van der Waals surface area contributed by atoms with Gasteiger partial charge in [0.25, 0.3) is 0 Å². The molecular formula is C17H21NO3. The van der Waals surface area contributed by atoms with Crippen molar-refractivity contribution in [2.24, 2.45) is 11.8 Å². The summed E-state index contributed by atoms with van der Waals surface area (Å²) in [6, 6.07) is 8.69. The number of carboxylic acids is 1. The molecule has 0 spiro atoms. The largest absolute Gasteiger partial charge is 0.481 e. The summed E-state index contributed by atoms with van der Waals surface area (Å²) in [5.41, 5.74) is 1.88. The smallest absolute Gasteiger partial charge is 0.308 e. The van der Waals surface area contributed by atoms with Gasteiger partial charge in [-0.3, -0.25) is 9.59 Å². The van der Waals surface area contributed by atoms with Gasteiger partial charge in [0.15, 0.2) is 0 Å². The van der Waals surface area contributed by atoms with Crippen LogP contribution in [0.25, 0.3) is 0 Å². The summed E-state index contributed by atoms with van der Waals surface area (Å²) in [5, 5.41) is 12.1. The molecule has 0 bridgehead atoms. The summed E-state index contributed by atoms with van der Waals surface area (Å²) in [4.78, 5) is 23.4. The number of aliphatic carboxylic acids is 1. The van der Waals surface area contributed by atoms with Crippen LogP contribution in [0.4, 0.5) is 0 Å². The van der Waals surface area contributed by atoms with Crippen molar-refractivity contribution < 1.29 is 14.7 Å². The topological polar surface area (TPSA) is 66.4 Å². The molecule has 2 rings (SSSR count). The van der Waals surface area contributed by atoms with Gasteiger partial charge in [-0.25, -0.2) is 0 Å². The molecule has 2 unspecified atom stereocenters. The van der Waals surface area contributed by atoms with Crippen LogP contribution in [0.5, 0.6) is 0 Å². The first-order chi connectivity index (χ1) is 9.99. The second kappa shape index (κ2) is 6.57. The minimum Gasteiger partial charge on any atom is -0.481 e. The van der Waals surface area contributed by atoms with Crippen LogP contribution in [-0.2, 0) is 9.59 Å². The van der Waals surface area contributed by atoms with E-state index in [1.54, 1.807) is 13.0 Å². The lowest BCUT2D eigenvalue weighted by atomic mass is 9.94. The first kappa shape index (κ1) is 15.3. The molecule has 0 saturated heterocycles. The lowest BCUT2D eigenvalue weighted by molar-refractivity contribution is -0.142. The quantitative estimate of drug-likeness (QED) is 0.791. The molecule has 2 atom stereocenters. The van der Waals surface area contributed by atoms with Crippen LogP contribution in [0.3, 0.4) is 0 Å². The number of carbonyl (C=O) groups is 2. The van der Waals surface area contributed by atoms with Crippen LogP contribution >= 0.6 is 0 Å². The molecule has 0 radical (unpaired) electrons. The van der Waals surface area contributed by atoms with E-state index < -0.39 is 17.9 Å². The van der Waals surface area contributed by atoms with Crippen molar-refractivity contribution in [1.29, 1.82) is 0 Å². The van der Waals surface area contributed by atoms with Gasteiger partial charge in [0.05, 0.1) is 12.0 Å². The van der Waals surface area contributed by atoms with Crippen molar-refractivity contribution in [3.05, 3.63) is 47.5 Å². The number of hydrogen-bond donors (Lipinski definition) is 2. The fraction of sp³-hybridized carbons (Fsp3) is 0.412. The van der Waals surface area contributed by atoms with E-state index in [9.17, 15) is 14.7 Å². The van der Waals surface area contributed by atoms with E-state index in [1.165, 1.54) is 0 Å². The molecule has 1 fully saturated rings. The average molecular weight is 287 g/mol. The maximum absolute atomic E-state index is 12.1. The zero-order valence-electron chi connectivity index (χ0n) is 12.4. The highest BCUT2D eigenvalue weighted by Gasteiger charge is 2.27. The third-order valence-electron chi connectivity index (χ3n) is 3.93. The van der Waals surface area contributed by atoms with Gasteiger partial charge in [-0.05, 0) is 38.2 Å². The maximum Gasteiger partial charge on any atom is 0.308 e. The summed E-state index contributed by atoms with van der Waals surface area (Å²) in [6.07, 6.45) is 3.88. The maximum atomic E-state index is 12.1. The Bertz CT molecular complexity index is 546. The van der Waals surface area contributed by atoms with Crippen molar-refractivity contribution in [2.45, 2.75) is 32.7 Å². The SMILES string of the molecule is CC(=CC(=O)NC(c1ccccc1)C(C)C(=O)O)C1CC1. The Morgan fingerprint density at radius 1 is 1.29 bits per heavy atom. The molecular weight excluding hydrogens is 266 g/mol. The molecule has 2 N–H and O–H groups in total. The van der Waals surface area contributed by atoms with Crippen molar-refractivity contribution in [2.75, 3.05) is 0 Å². The van der Waals surface area contributed by atoms with Crippen LogP contribution in [0.1, 0.15) is 38.3 Å². The monoisotopic (exact) mass is 287 g/mol. The Morgan fingerprint density at radius 3 is 2.43 bits per heavy atom. The predicted octanol–water partition coefficient (Wildman–Crippen LogP) is 2.92. The first-order valence-corrected chi connectivity index (χ1v) is 7.25. The highest BCUT2D eigenvalue weighted by atomic mass is 16.4. The van der Waals surface area contributed by atoms with Crippen LogP contribution in [0.15, 0.2) is 42.0 Å². The molecule has 0 aliphatic heterocycles. The van der Waals surface area contributed by atoms with Gasteiger partial charge in [-0.15, -0.1) is 0 Å². The molecule has 1 aromatic carbocycles. The Kier molecular flexibility index (Phi) is 4.78. The third-order valence-corrected chi connectivity index (χ3v) is 3.93. The third kappa shape index (κ3) is 4.18. The van der Waals surface area contributed by atoms with Gasteiger partial charge < -0.3 is 10.4 Å². The molecule has 21 heavy (non-hydrogen) atoms. The summed E-state index contributed by atoms with van der Waals surface area (Å²) in [5.74, 6) is -1.30. The second-order valence-corrected chi connectivity index (χ2v) is 5.69. The average Bonchev–Trinajstić information content (AvgIpc) is 3.29. The number of hydrogen-bond acceptors (Lipinski definition) is 2. The van der Waals surface area contributed by atoms with Crippen molar-refractivity contribution in [3.8, 4) is 0 Å². The van der Waals surface area contributed by atoms with Crippen molar-refractivity contribution in [1.82, 2.24) is 5.32 Å². The highest BCUT2D eigenvalue weighted by Crippen LogP contribution is 2.35. The highest BCUT2D eigenvalue weighted by molar-refractivity contribution is 5.89. The van der Waals surface area contributed by atoms with Gasteiger partial charge in [0.2, 0.25) is 5.91 Å². The fourth-order valence-corrected chi connectivity index (χ4v) is 2.36. The Hall–Kier alpha value is -2.10. The van der Waals surface area contributed by atoms with Crippen molar-refractivity contribution in [3.63, 3.8) is 0 Å². The molecule has 1 saturated carbocycles. The van der Waals surface area contributed by atoms with E-state index in [0.717, 1.165) is 24.0 Å². The van der Waals surface area contributed by atoms with Crippen LogP contribution in [-0.4, -0.2) is 17.0 Å². The summed E-state index contributed by atoms with van der Waals surface area (Å²) < 4.78 is 0. The van der Waals surface area contributed by atoms with E-state index in [-0.39, 0.29) is 5.91 Å². The Labute approximate surface area is 124 Å². The Balaban J connectivity index is 2.14.